The fourth-order valence-electron chi connectivity index (χ4n) is 2.20. The molecule has 1 atom stereocenters. The molecule has 0 aromatic rings. The Bertz CT molecular complexity index is 225. The number of rotatable bonds is 7. The van der Waals surface area contributed by atoms with Crippen LogP contribution in [-0.2, 0) is 9.53 Å². The van der Waals surface area contributed by atoms with E-state index in [0.717, 1.165) is 6.42 Å². The Morgan fingerprint density at radius 2 is 2.06 bits per heavy atom. The highest BCUT2D eigenvalue weighted by Gasteiger charge is 2.16. The topological polar surface area (TPSA) is 64.4 Å². The standard InChI is InChI=1S/C13H26N2O2/c1-10(2)9-12(14)13(16)15-7-8-17-11-5-3-4-6-11/h10-12H,3-9,14H2,1-2H3,(H,15,16)/t12-/m0/s1. The third-order valence-corrected chi connectivity index (χ3v) is 3.12. The Kier molecular flexibility index (Phi) is 6.52. The predicted octanol–water partition coefficient (Wildman–Crippen LogP) is 1.44. The zero-order valence-corrected chi connectivity index (χ0v) is 11.1. The summed E-state index contributed by atoms with van der Waals surface area (Å²) in [5.41, 5.74) is 5.77. The summed E-state index contributed by atoms with van der Waals surface area (Å²) in [6, 6.07) is -0.388. The monoisotopic (exact) mass is 242 g/mol. The second-order valence-corrected chi connectivity index (χ2v) is 5.30. The quantitative estimate of drug-likeness (QED) is 0.664. The van der Waals surface area contributed by atoms with E-state index < -0.39 is 0 Å². The molecule has 1 aliphatic rings. The SMILES string of the molecule is CC(C)C[C@H](N)C(=O)NCCOC1CCCC1. The van der Waals surface area contributed by atoms with Crippen molar-refractivity contribution in [3.63, 3.8) is 0 Å². The van der Waals surface area contributed by atoms with Crippen LogP contribution in [0.4, 0.5) is 0 Å². The summed E-state index contributed by atoms with van der Waals surface area (Å²) in [4.78, 5) is 11.6. The third kappa shape index (κ3) is 6.03. The van der Waals surface area contributed by atoms with Gasteiger partial charge in [-0.25, -0.2) is 0 Å². The summed E-state index contributed by atoms with van der Waals surface area (Å²) in [7, 11) is 0. The van der Waals surface area contributed by atoms with Crippen molar-refractivity contribution < 1.29 is 9.53 Å². The van der Waals surface area contributed by atoms with Crippen LogP contribution < -0.4 is 11.1 Å². The molecule has 0 spiro atoms. The second-order valence-electron chi connectivity index (χ2n) is 5.30. The van der Waals surface area contributed by atoms with E-state index in [0.29, 0.717) is 25.2 Å². The van der Waals surface area contributed by atoms with E-state index in [1.807, 2.05) is 0 Å². The zero-order chi connectivity index (χ0) is 12.7. The summed E-state index contributed by atoms with van der Waals surface area (Å²) < 4.78 is 5.66. The molecule has 0 aromatic carbocycles. The average Bonchev–Trinajstić information content (AvgIpc) is 2.75. The molecular formula is C13H26N2O2. The number of ether oxygens (including phenoxy) is 1. The van der Waals surface area contributed by atoms with Crippen molar-refractivity contribution in [1.29, 1.82) is 0 Å². The molecule has 100 valence electrons. The summed E-state index contributed by atoms with van der Waals surface area (Å²) in [6.07, 6.45) is 6.03. The lowest BCUT2D eigenvalue weighted by molar-refractivity contribution is -0.123. The Hall–Kier alpha value is -0.610. The van der Waals surface area contributed by atoms with Gasteiger partial charge in [-0.2, -0.15) is 0 Å². The van der Waals surface area contributed by atoms with Crippen LogP contribution in [0.2, 0.25) is 0 Å². The molecule has 0 saturated heterocycles. The Morgan fingerprint density at radius 3 is 2.65 bits per heavy atom. The molecule has 3 N–H and O–H groups in total. The molecule has 0 aliphatic heterocycles. The van der Waals surface area contributed by atoms with Crippen molar-refractivity contribution in [2.24, 2.45) is 11.7 Å². The van der Waals surface area contributed by atoms with Crippen LogP contribution in [0.15, 0.2) is 0 Å². The number of nitrogens with two attached hydrogens (primary N) is 1. The van der Waals surface area contributed by atoms with Crippen LogP contribution in [0.5, 0.6) is 0 Å². The first-order chi connectivity index (χ1) is 8.09. The molecule has 0 bridgehead atoms. The van der Waals surface area contributed by atoms with Crippen LogP contribution in [-0.4, -0.2) is 31.2 Å². The number of nitrogens with one attached hydrogen (secondary N) is 1. The van der Waals surface area contributed by atoms with Crippen molar-refractivity contribution in [2.75, 3.05) is 13.2 Å². The molecule has 4 nitrogen and oxygen atoms in total. The van der Waals surface area contributed by atoms with Crippen molar-refractivity contribution in [2.45, 2.75) is 58.1 Å². The second kappa shape index (κ2) is 7.67. The van der Waals surface area contributed by atoms with E-state index in [2.05, 4.69) is 19.2 Å². The van der Waals surface area contributed by atoms with Crippen LogP contribution in [0.3, 0.4) is 0 Å². The molecule has 1 fully saturated rings. The molecule has 17 heavy (non-hydrogen) atoms. The van der Waals surface area contributed by atoms with Gasteiger partial charge in [-0.3, -0.25) is 4.79 Å². The van der Waals surface area contributed by atoms with E-state index in [4.69, 9.17) is 10.5 Å². The smallest absolute Gasteiger partial charge is 0.237 e. The largest absolute Gasteiger partial charge is 0.376 e. The molecule has 1 rings (SSSR count). The van der Waals surface area contributed by atoms with Gasteiger partial charge in [-0.1, -0.05) is 26.7 Å². The lowest BCUT2D eigenvalue weighted by Crippen LogP contribution is -2.42. The van der Waals surface area contributed by atoms with Gasteiger partial charge in [0, 0.05) is 6.54 Å². The molecule has 0 aromatic heterocycles. The minimum Gasteiger partial charge on any atom is -0.376 e. The van der Waals surface area contributed by atoms with Crippen LogP contribution in [0, 0.1) is 5.92 Å². The van der Waals surface area contributed by atoms with Crippen molar-refractivity contribution in [1.82, 2.24) is 5.32 Å². The van der Waals surface area contributed by atoms with E-state index in [9.17, 15) is 4.79 Å². The van der Waals surface area contributed by atoms with E-state index >= 15 is 0 Å². The first kappa shape index (κ1) is 14.5. The normalized spacial score (nSPS) is 18.6. The summed E-state index contributed by atoms with van der Waals surface area (Å²) >= 11 is 0. The maximum Gasteiger partial charge on any atom is 0.237 e. The predicted molar refractivity (Wildman–Crippen MR) is 68.6 cm³/mol. The van der Waals surface area contributed by atoms with Gasteiger partial charge < -0.3 is 15.8 Å². The molecule has 0 radical (unpaired) electrons. The molecule has 0 unspecified atom stereocenters. The first-order valence-electron chi connectivity index (χ1n) is 6.74. The lowest BCUT2D eigenvalue weighted by Gasteiger charge is -2.15. The third-order valence-electron chi connectivity index (χ3n) is 3.12. The highest BCUT2D eigenvalue weighted by atomic mass is 16.5. The zero-order valence-electron chi connectivity index (χ0n) is 11.1. The van der Waals surface area contributed by atoms with E-state index in [1.54, 1.807) is 0 Å². The number of carbonyl (C=O) groups is 1. The number of hydrogen-bond donors (Lipinski definition) is 2. The summed E-state index contributed by atoms with van der Waals surface area (Å²) in [6.45, 7) is 5.30. The number of amides is 1. The van der Waals surface area contributed by atoms with Gasteiger partial charge in [0.05, 0.1) is 18.8 Å². The molecular weight excluding hydrogens is 216 g/mol. The Morgan fingerprint density at radius 1 is 1.41 bits per heavy atom. The van der Waals surface area contributed by atoms with E-state index in [1.165, 1.54) is 25.7 Å². The maximum atomic E-state index is 11.6. The number of carbonyl (C=O) groups excluding carboxylic acids is 1. The maximum absolute atomic E-state index is 11.6. The average molecular weight is 242 g/mol. The number of hydrogen-bond acceptors (Lipinski definition) is 3. The summed E-state index contributed by atoms with van der Waals surface area (Å²) in [5, 5.41) is 2.82. The Labute approximate surface area is 104 Å². The van der Waals surface area contributed by atoms with Gasteiger partial charge >= 0.3 is 0 Å². The van der Waals surface area contributed by atoms with Crippen molar-refractivity contribution in [3.8, 4) is 0 Å². The van der Waals surface area contributed by atoms with Gasteiger partial charge in [-0.15, -0.1) is 0 Å². The first-order valence-corrected chi connectivity index (χ1v) is 6.74. The van der Waals surface area contributed by atoms with Crippen LogP contribution >= 0.6 is 0 Å². The van der Waals surface area contributed by atoms with Crippen molar-refractivity contribution >= 4 is 5.91 Å². The van der Waals surface area contributed by atoms with Crippen molar-refractivity contribution in [3.05, 3.63) is 0 Å². The minimum absolute atomic E-state index is 0.0614. The highest BCUT2D eigenvalue weighted by molar-refractivity contribution is 5.81. The highest BCUT2D eigenvalue weighted by Crippen LogP contribution is 2.20. The molecule has 1 amide bonds. The van der Waals surface area contributed by atoms with Gasteiger partial charge in [0.25, 0.3) is 0 Å². The molecule has 0 heterocycles. The van der Waals surface area contributed by atoms with Crippen LogP contribution in [0.25, 0.3) is 0 Å². The van der Waals surface area contributed by atoms with Gasteiger partial charge in [-0.05, 0) is 25.2 Å². The van der Waals surface area contributed by atoms with E-state index in [-0.39, 0.29) is 11.9 Å². The van der Waals surface area contributed by atoms with Crippen LogP contribution in [0.1, 0.15) is 46.0 Å². The van der Waals surface area contributed by atoms with Gasteiger partial charge in [0.1, 0.15) is 0 Å². The molecule has 1 aliphatic carbocycles. The Balaban J connectivity index is 2.02. The summed E-state index contributed by atoms with van der Waals surface area (Å²) in [5.74, 6) is 0.388. The fraction of sp³-hybridized carbons (Fsp3) is 0.923. The van der Waals surface area contributed by atoms with Gasteiger partial charge in [0.15, 0.2) is 0 Å². The van der Waals surface area contributed by atoms with Gasteiger partial charge in [0.2, 0.25) is 5.91 Å². The molecule has 4 heteroatoms. The lowest BCUT2D eigenvalue weighted by atomic mass is 10.0. The minimum atomic E-state index is -0.388. The molecule has 1 saturated carbocycles. The fourth-order valence-corrected chi connectivity index (χ4v) is 2.20.